The maximum atomic E-state index is 12.8. The Balaban J connectivity index is 1.16. The summed E-state index contributed by atoms with van der Waals surface area (Å²) in [6.07, 6.45) is 3.08. The molecule has 0 aliphatic carbocycles. The van der Waals surface area contributed by atoms with Crippen molar-refractivity contribution in [2.45, 2.75) is 19.3 Å². The van der Waals surface area contributed by atoms with Crippen LogP contribution in [0.5, 0.6) is 5.75 Å². The van der Waals surface area contributed by atoms with E-state index in [0.29, 0.717) is 35.0 Å². The van der Waals surface area contributed by atoms with Crippen molar-refractivity contribution < 1.29 is 13.9 Å². The fraction of sp³-hybridized carbons (Fsp3) is 0.154. The zero-order valence-corrected chi connectivity index (χ0v) is 18.4. The molecule has 170 valence electrons. The van der Waals surface area contributed by atoms with E-state index in [1.807, 2.05) is 36.4 Å². The molecule has 1 amide bonds. The predicted octanol–water partition coefficient (Wildman–Crippen LogP) is 5.27. The van der Waals surface area contributed by atoms with E-state index in [9.17, 15) is 4.79 Å². The third-order valence-corrected chi connectivity index (χ3v) is 5.45. The second kappa shape index (κ2) is 9.99. The number of fused-ring (bicyclic) bond motifs is 1. The minimum absolute atomic E-state index is 0.237. The first-order valence-electron chi connectivity index (χ1n) is 11.1. The minimum Gasteiger partial charge on any atom is -0.494 e. The zero-order valence-electron chi connectivity index (χ0n) is 18.4. The molecule has 0 radical (unpaired) electrons. The number of carbonyl (C=O) groups is 1. The van der Waals surface area contributed by atoms with Crippen LogP contribution in [0.4, 0.5) is 5.69 Å². The number of para-hydroxylation sites is 1. The number of hydrogen-bond acceptors (Lipinski definition) is 6. The number of carbonyl (C=O) groups excluding carboxylic acids is 1. The SMILES string of the molecule is O=C(Nc1cccc2cc(-c3nn[nH]n3)oc12)c1ccc(OCCCCc2ccccc2)cc1. The Kier molecular flexibility index (Phi) is 6.29. The number of tetrazole rings is 1. The van der Waals surface area contributed by atoms with Gasteiger partial charge in [-0.3, -0.25) is 4.79 Å². The number of amides is 1. The molecule has 0 aliphatic rings. The molecule has 0 aliphatic heterocycles. The molecule has 0 saturated heterocycles. The molecule has 2 aromatic heterocycles. The molecule has 8 heteroatoms. The standard InChI is InChI=1S/C26H23N5O3/c32-26(27-22-11-6-10-20-17-23(34-24(20)22)25-28-30-31-29-25)19-12-14-21(15-13-19)33-16-5-4-9-18-7-2-1-3-8-18/h1-3,6-8,10-15,17H,4-5,9,16H2,(H,27,32)(H,28,29,30,31). The molecule has 0 unspecified atom stereocenters. The molecular formula is C26H23N5O3. The van der Waals surface area contributed by atoms with Crippen molar-refractivity contribution in [3.8, 4) is 17.3 Å². The van der Waals surface area contributed by atoms with Crippen LogP contribution < -0.4 is 10.1 Å². The second-order valence-electron chi connectivity index (χ2n) is 7.84. The van der Waals surface area contributed by atoms with Gasteiger partial charge in [-0.15, -0.1) is 10.2 Å². The van der Waals surface area contributed by atoms with Crippen molar-refractivity contribution >= 4 is 22.6 Å². The van der Waals surface area contributed by atoms with Gasteiger partial charge >= 0.3 is 0 Å². The number of aryl methyl sites for hydroxylation is 1. The van der Waals surface area contributed by atoms with Gasteiger partial charge in [-0.05, 0) is 66.4 Å². The Morgan fingerprint density at radius 2 is 1.82 bits per heavy atom. The van der Waals surface area contributed by atoms with Gasteiger partial charge in [0.1, 0.15) is 5.75 Å². The third kappa shape index (κ3) is 4.96. The lowest BCUT2D eigenvalue weighted by Crippen LogP contribution is -2.12. The van der Waals surface area contributed by atoms with Crippen LogP contribution in [-0.2, 0) is 6.42 Å². The van der Waals surface area contributed by atoms with Crippen LogP contribution >= 0.6 is 0 Å². The zero-order chi connectivity index (χ0) is 23.2. The summed E-state index contributed by atoms with van der Waals surface area (Å²) < 4.78 is 11.7. The summed E-state index contributed by atoms with van der Waals surface area (Å²) >= 11 is 0. The summed E-state index contributed by atoms with van der Waals surface area (Å²) in [6.45, 7) is 0.640. The van der Waals surface area contributed by atoms with Crippen LogP contribution in [0.15, 0.2) is 83.3 Å². The molecule has 0 saturated carbocycles. The largest absolute Gasteiger partial charge is 0.494 e. The maximum Gasteiger partial charge on any atom is 0.255 e. The quantitative estimate of drug-likeness (QED) is 0.295. The number of aromatic nitrogens is 4. The van der Waals surface area contributed by atoms with Crippen molar-refractivity contribution in [3.05, 3.63) is 90.0 Å². The molecule has 0 bridgehead atoms. The Hall–Kier alpha value is -4.46. The predicted molar refractivity (Wildman–Crippen MR) is 129 cm³/mol. The van der Waals surface area contributed by atoms with E-state index in [2.05, 4.69) is 50.2 Å². The van der Waals surface area contributed by atoms with E-state index in [4.69, 9.17) is 9.15 Å². The number of ether oxygens (including phenoxy) is 1. The van der Waals surface area contributed by atoms with Crippen LogP contribution in [0.2, 0.25) is 0 Å². The van der Waals surface area contributed by atoms with Crippen molar-refractivity contribution in [1.29, 1.82) is 0 Å². The molecular weight excluding hydrogens is 430 g/mol. The molecule has 5 aromatic rings. The highest BCUT2D eigenvalue weighted by atomic mass is 16.5. The second-order valence-corrected chi connectivity index (χ2v) is 7.84. The van der Waals surface area contributed by atoms with Crippen LogP contribution in [0.3, 0.4) is 0 Å². The molecule has 5 rings (SSSR count). The first-order valence-corrected chi connectivity index (χ1v) is 11.1. The van der Waals surface area contributed by atoms with Gasteiger partial charge in [-0.2, -0.15) is 5.21 Å². The lowest BCUT2D eigenvalue weighted by molar-refractivity contribution is 0.102. The normalized spacial score (nSPS) is 10.9. The Bertz CT molecular complexity index is 1360. The summed E-state index contributed by atoms with van der Waals surface area (Å²) in [5, 5.41) is 17.6. The summed E-state index contributed by atoms with van der Waals surface area (Å²) in [5.41, 5.74) is 2.98. The molecule has 0 atom stereocenters. The summed E-state index contributed by atoms with van der Waals surface area (Å²) in [5.74, 6) is 1.33. The van der Waals surface area contributed by atoms with Gasteiger partial charge in [-0.25, -0.2) is 0 Å². The highest BCUT2D eigenvalue weighted by molar-refractivity contribution is 6.08. The van der Waals surface area contributed by atoms with Crippen molar-refractivity contribution in [1.82, 2.24) is 20.6 Å². The number of anilines is 1. The first kappa shape index (κ1) is 21.4. The topological polar surface area (TPSA) is 106 Å². The van der Waals surface area contributed by atoms with Crippen molar-refractivity contribution in [3.63, 3.8) is 0 Å². The highest BCUT2D eigenvalue weighted by Gasteiger charge is 2.15. The number of rotatable bonds is 9. The van der Waals surface area contributed by atoms with Gasteiger partial charge in [0, 0.05) is 10.9 Å². The highest BCUT2D eigenvalue weighted by Crippen LogP contribution is 2.31. The van der Waals surface area contributed by atoms with E-state index >= 15 is 0 Å². The summed E-state index contributed by atoms with van der Waals surface area (Å²) in [6, 6.07) is 24.9. The number of hydrogen-bond donors (Lipinski definition) is 2. The Morgan fingerprint density at radius 3 is 2.62 bits per heavy atom. The fourth-order valence-electron chi connectivity index (χ4n) is 3.70. The molecule has 8 nitrogen and oxygen atoms in total. The van der Waals surface area contributed by atoms with Gasteiger partial charge in [0.2, 0.25) is 5.82 Å². The Labute approximate surface area is 196 Å². The summed E-state index contributed by atoms with van der Waals surface area (Å²) in [7, 11) is 0. The van der Waals surface area contributed by atoms with Gasteiger partial charge in [-0.1, -0.05) is 42.5 Å². The molecule has 0 spiro atoms. The van der Waals surface area contributed by atoms with E-state index in [1.54, 1.807) is 18.2 Å². The summed E-state index contributed by atoms with van der Waals surface area (Å²) in [4.78, 5) is 12.8. The van der Waals surface area contributed by atoms with Gasteiger partial charge in [0.15, 0.2) is 11.3 Å². The average molecular weight is 454 g/mol. The number of H-pyrrole nitrogens is 1. The number of furan rings is 1. The molecule has 3 aromatic carbocycles. The maximum absolute atomic E-state index is 12.8. The van der Waals surface area contributed by atoms with Crippen molar-refractivity contribution in [2.75, 3.05) is 11.9 Å². The number of nitrogens with zero attached hydrogens (tertiary/aromatic N) is 3. The number of aromatic amines is 1. The number of benzene rings is 3. The average Bonchev–Trinajstić information content (AvgIpc) is 3.55. The van der Waals surface area contributed by atoms with Gasteiger partial charge < -0.3 is 14.5 Å². The fourth-order valence-corrected chi connectivity index (χ4v) is 3.70. The minimum atomic E-state index is -0.237. The van der Waals surface area contributed by atoms with Crippen LogP contribution in [0.1, 0.15) is 28.8 Å². The van der Waals surface area contributed by atoms with Gasteiger partial charge in [0.05, 0.1) is 12.3 Å². The van der Waals surface area contributed by atoms with E-state index < -0.39 is 0 Å². The molecule has 2 heterocycles. The molecule has 34 heavy (non-hydrogen) atoms. The Morgan fingerprint density at radius 1 is 0.971 bits per heavy atom. The molecule has 2 N–H and O–H groups in total. The lowest BCUT2D eigenvalue weighted by Gasteiger charge is -2.08. The van der Waals surface area contributed by atoms with Crippen LogP contribution in [0.25, 0.3) is 22.6 Å². The van der Waals surface area contributed by atoms with Crippen molar-refractivity contribution in [2.24, 2.45) is 0 Å². The number of nitrogens with one attached hydrogen (secondary N) is 2. The van der Waals surface area contributed by atoms with E-state index in [1.165, 1.54) is 5.56 Å². The number of unbranched alkanes of at least 4 members (excludes halogenated alkanes) is 1. The van der Waals surface area contributed by atoms with Crippen LogP contribution in [-0.4, -0.2) is 33.1 Å². The monoisotopic (exact) mass is 453 g/mol. The first-order chi connectivity index (χ1) is 16.8. The lowest BCUT2D eigenvalue weighted by atomic mass is 10.1. The van der Waals surface area contributed by atoms with Crippen LogP contribution in [0, 0.1) is 0 Å². The van der Waals surface area contributed by atoms with E-state index in [-0.39, 0.29) is 5.91 Å². The van der Waals surface area contributed by atoms with Gasteiger partial charge in [0.25, 0.3) is 5.91 Å². The van der Waals surface area contributed by atoms with E-state index in [0.717, 1.165) is 30.4 Å². The smallest absolute Gasteiger partial charge is 0.255 e. The molecule has 0 fully saturated rings. The third-order valence-electron chi connectivity index (χ3n) is 5.45.